The number of nitrogens with zero attached hydrogens (tertiary/aromatic N) is 2. The number of rotatable bonds is 2. The summed E-state index contributed by atoms with van der Waals surface area (Å²) in [5, 5.41) is 9.23. The minimum atomic E-state index is -0.911. The zero-order valence-corrected chi connectivity index (χ0v) is 12.0. The van der Waals surface area contributed by atoms with Crippen molar-refractivity contribution in [2.45, 2.75) is 19.8 Å². The van der Waals surface area contributed by atoms with E-state index >= 15 is 0 Å². The molecule has 116 valence electrons. The van der Waals surface area contributed by atoms with Crippen LogP contribution in [0, 0.1) is 12.8 Å². The highest BCUT2D eigenvalue weighted by atomic mass is 16.4. The normalized spacial score (nSPS) is 18.6. The number of likely N-dealkylation sites (tertiary alicyclic amines) is 1. The lowest BCUT2D eigenvalue weighted by Gasteiger charge is -2.30. The van der Waals surface area contributed by atoms with E-state index < -0.39 is 17.4 Å². The molecular formula is C14H15N3O5. The van der Waals surface area contributed by atoms with Crippen molar-refractivity contribution in [3.63, 3.8) is 0 Å². The van der Waals surface area contributed by atoms with E-state index in [1.165, 1.54) is 11.2 Å². The van der Waals surface area contributed by atoms with E-state index in [4.69, 9.17) is 9.52 Å². The maximum atomic E-state index is 12.7. The van der Waals surface area contributed by atoms with Gasteiger partial charge in [0.05, 0.1) is 17.8 Å². The van der Waals surface area contributed by atoms with Crippen LogP contribution in [0.15, 0.2) is 15.5 Å². The summed E-state index contributed by atoms with van der Waals surface area (Å²) in [4.78, 5) is 43.6. The highest BCUT2D eigenvalue weighted by Crippen LogP contribution is 2.25. The number of H-pyrrole nitrogens is 1. The first-order valence-corrected chi connectivity index (χ1v) is 6.98. The largest absolute Gasteiger partial charge is 0.481 e. The third kappa shape index (κ3) is 2.26. The maximum Gasteiger partial charge on any atom is 0.308 e. The van der Waals surface area contributed by atoms with E-state index in [2.05, 4.69) is 9.97 Å². The first-order valence-electron chi connectivity index (χ1n) is 6.98. The van der Waals surface area contributed by atoms with Gasteiger partial charge >= 0.3 is 5.97 Å². The predicted octanol–water partition coefficient (Wildman–Crippen LogP) is 0.761. The third-order valence-corrected chi connectivity index (χ3v) is 3.94. The number of hydrogen-bond acceptors (Lipinski definition) is 5. The standard InChI is InChI=1S/C14H15N3O5/c1-7-9(10-11(18)15-6-16-12(10)22-7)13(19)17-4-2-3-8(5-17)14(20)21/h6,8H,2-5H2,1H3,(H,20,21)(H,15,16,18). The Morgan fingerprint density at radius 2 is 2.27 bits per heavy atom. The number of nitrogens with one attached hydrogen (secondary N) is 1. The van der Waals surface area contributed by atoms with Gasteiger partial charge in [0.1, 0.15) is 11.1 Å². The number of carbonyl (C=O) groups excluding carboxylic acids is 1. The predicted molar refractivity (Wildman–Crippen MR) is 75.6 cm³/mol. The second-order valence-electron chi connectivity index (χ2n) is 5.37. The van der Waals surface area contributed by atoms with Crippen LogP contribution in [0.1, 0.15) is 29.0 Å². The number of fused-ring (bicyclic) bond motifs is 1. The first-order chi connectivity index (χ1) is 10.5. The van der Waals surface area contributed by atoms with Crippen molar-refractivity contribution in [3.05, 3.63) is 28.0 Å². The molecule has 8 nitrogen and oxygen atoms in total. The molecule has 0 saturated carbocycles. The van der Waals surface area contributed by atoms with E-state index in [1.54, 1.807) is 6.92 Å². The molecule has 0 aliphatic carbocycles. The zero-order valence-electron chi connectivity index (χ0n) is 12.0. The van der Waals surface area contributed by atoms with E-state index in [-0.39, 0.29) is 29.1 Å². The molecule has 8 heteroatoms. The highest BCUT2D eigenvalue weighted by Gasteiger charge is 2.32. The number of carboxylic acid groups (broad SMARTS) is 1. The topological polar surface area (TPSA) is 117 Å². The molecule has 2 aromatic heterocycles. The quantitative estimate of drug-likeness (QED) is 0.846. The van der Waals surface area contributed by atoms with Gasteiger partial charge in [0.25, 0.3) is 11.5 Å². The van der Waals surface area contributed by atoms with Gasteiger partial charge in [-0.15, -0.1) is 0 Å². The van der Waals surface area contributed by atoms with Gasteiger partial charge in [-0.2, -0.15) is 0 Å². The Kier molecular flexibility index (Phi) is 3.44. The molecule has 0 radical (unpaired) electrons. The molecule has 1 fully saturated rings. The number of aryl methyl sites for hydroxylation is 1. The monoisotopic (exact) mass is 305 g/mol. The minimum absolute atomic E-state index is 0.108. The molecule has 1 aliphatic heterocycles. The van der Waals surface area contributed by atoms with Crippen molar-refractivity contribution >= 4 is 23.0 Å². The van der Waals surface area contributed by atoms with Crippen LogP contribution in [0.3, 0.4) is 0 Å². The van der Waals surface area contributed by atoms with Crippen LogP contribution < -0.4 is 5.56 Å². The van der Waals surface area contributed by atoms with E-state index in [9.17, 15) is 14.4 Å². The van der Waals surface area contributed by atoms with Crippen molar-refractivity contribution < 1.29 is 19.1 Å². The summed E-state index contributed by atoms with van der Waals surface area (Å²) in [6.45, 7) is 2.19. The second kappa shape index (κ2) is 5.28. The van der Waals surface area contributed by atoms with Crippen molar-refractivity contribution in [2.24, 2.45) is 5.92 Å². The molecular weight excluding hydrogens is 290 g/mol. The molecule has 1 aliphatic rings. The average Bonchev–Trinajstić information content (AvgIpc) is 2.84. The number of furan rings is 1. The summed E-state index contributed by atoms with van der Waals surface area (Å²) in [6, 6.07) is 0. The lowest BCUT2D eigenvalue weighted by Crippen LogP contribution is -2.42. The van der Waals surface area contributed by atoms with Gasteiger partial charge in [0, 0.05) is 13.1 Å². The van der Waals surface area contributed by atoms with Crippen LogP contribution in [0.5, 0.6) is 0 Å². The highest BCUT2D eigenvalue weighted by molar-refractivity contribution is 6.06. The lowest BCUT2D eigenvalue weighted by atomic mass is 9.97. The molecule has 1 amide bonds. The zero-order chi connectivity index (χ0) is 15.9. The number of aliphatic carboxylic acids is 1. The Labute approximate surface area is 124 Å². The Hall–Kier alpha value is -2.64. The minimum Gasteiger partial charge on any atom is -0.481 e. The number of amides is 1. The fourth-order valence-corrected chi connectivity index (χ4v) is 2.83. The van der Waals surface area contributed by atoms with Gasteiger partial charge in [-0.05, 0) is 19.8 Å². The smallest absolute Gasteiger partial charge is 0.308 e. The molecule has 3 rings (SSSR count). The summed E-state index contributed by atoms with van der Waals surface area (Å²) >= 11 is 0. The average molecular weight is 305 g/mol. The van der Waals surface area contributed by atoms with Crippen molar-refractivity contribution in [2.75, 3.05) is 13.1 Å². The first kappa shape index (κ1) is 14.3. The fraction of sp³-hybridized carbons (Fsp3) is 0.429. The molecule has 2 N–H and O–H groups in total. The maximum absolute atomic E-state index is 12.7. The van der Waals surface area contributed by atoms with Gasteiger partial charge < -0.3 is 19.4 Å². The van der Waals surface area contributed by atoms with E-state index in [0.29, 0.717) is 25.1 Å². The van der Waals surface area contributed by atoms with Gasteiger partial charge in [0.2, 0.25) is 5.71 Å². The van der Waals surface area contributed by atoms with Crippen molar-refractivity contribution in [3.8, 4) is 0 Å². The van der Waals surface area contributed by atoms with Crippen LogP contribution in [0.4, 0.5) is 0 Å². The van der Waals surface area contributed by atoms with Gasteiger partial charge in [-0.3, -0.25) is 14.4 Å². The van der Waals surface area contributed by atoms with Crippen LogP contribution in [-0.2, 0) is 4.79 Å². The van der Waals surface area contributed by atoms with Crippen LogP contribution >= 0.6 is 0 Å². The molecule has 1 unspecified atom stereocenters. The van der Waals surface area contributed by atoms with Gasteiger partial charge in [-0.1, -0.05) is 0 Å². The number of aromatic amines is 1. The summed E-state index contributed by atoms with van der Waals surface area (Å²) in [7, 11) is 0. The van der Waals surface area contributed by atoms with Crippen LogP contribution in [0.25, 0.3) is 11.1 Å². The van der Waals surface area contributed by atoms with E-state index in [1.807, 2.05) is 0 Å². The third-order valence-electron chi connectivity index (χ3n) is 3.94. The number of carbonyl (C=O) groups is 2. The lowest BCUT2D eigenvalue weighted by molar-refractivity contribution is -0.143. The Morgan fingerprint density at radius 3 is 3.00 bits per heavy atom. The van der Waals surface area contributed by atoms with Crippen LogP contribution in [0.2, 0.25) is 0 Å². The molecule has 0 spiro atoms. The Morgan fingerprint density at radius 1 is 1.50 bits per heavy atom. The van der Waals surface area contributed by atoms with Crippen molar-refractivity contribution in [1.82, 2.24) is 14.9 Å². The molecule has 3 heterocycles. The van der Waals surface area contributed by atoms with Crippen LogP contribution in [-0.4, -0.2) is 44.9 Å². The molecule has 22 heavy (non-hydrogen) atoms. The van der Waals surface area contributed by atoms with Crippen molar-refractivity contribution in [1.29, 1.82) is 0 Å². The Balaban J connectivity index is 2.01. The summed E-state index contributed by atoms with van der Waals surface area (Å²) < 4.78 is 5.37. The van der Waals surface area contributed by atoms with Gasteiger partial charge in [0.15, 0.2) is 0 Å². The number of hydrogen-bond donors (Lipinski definition) is 2. The summed E-state index contributed by atoms with van der Waals surface area (Å²) in [5.41, 5.74) is -0.177. The summed E-state index contributed by atoms with van der Waals surface area (Å²) in [5.74, 6) is -1.57. The molecule has 1 atom stereocenters. The number of aromatic nitrogens is 2. The fourth-order valence-electron chi connectivity index (χ4n) is 2.83. The molecule has 0 bridgehead atoms. The number of piperidine rings is 1. The number of carboxylic acids is 1. The van der Waals surface area contributed by atoms with E-state index in [0.717, 1.165) is 0 Å². The summed E-state index contributed by atoms with van der Waals surface area (Å²) in [6.07, 6.45) is 2.38. The second-order valence-corrected chi connectivity index (χ2v) is 5.37. The molecule has 1 saturated heterocycles. The SMILES string of the molecule is Cc1oc2nc[nH]c(=O)c2c1C(=O)N1CCCC(C(=O)O)C1. The molecule has 0 aromatic carbocycles. The van der Waals surface area contributed by atoms with Gasteiger partial charge in [-0.25, -0.2) is 4.98 Å². The Bertz CT molecular complexity index is 806. The molecule has 2 aromatic rings.